The molecule has 1 heterocycles. The minimum absolute atomic E-state index is 0.175. The molecule has 17 heavy (non-hydrogen) atoms. The second-order valence-corrected chi connectivity index (χ2v) is 3.35. The lowest BCUT2D eigenvalue weighted by atomic mass is 10.2. The van der Waals surface area contributed by atoms with Crippen molar-refractivity contribution in [3.05, 3.63) is 57.9 Å². The van der Waals surface area contributed by atoms with Gasteiger partial charge in [-0.15, -0.1) is 0 Å². The van der Waals surface area contributed by atoms with Gasteiger partial charge >= 0.3 is 5.69 Å². The summed E-state index contributed by atoms with van der Waals surface area (Å²) in [6, 6.07) is 3.49. The van der Waals surface area contributed by atoms with Crippen LogP contribution in [0.15, 0.2) is 30.6 Å². The van der Waals surface area contributed by atoms with Crippen LogP contribution in [0, 0.1) is 21.7 Å². The van der Waals surface area contributed by atoms with Crippen LogP contribution >= 0.6 is 0 Å². The monoisotopic (exact) mass is 239 g/mol. The van der Waals surface area contributed by atoms with E-state index in [1.54, 1.807) is 0 Å². The average molecular weight is 239 g/mol. The Bertz CT molecular complexity index is 548. The van der Waals surface area contributed by atoms with Gasteiger partial charge in [0.25, 0.3) is 0 Å². The largest absolute Gasteiger partial charge is 0.307 e. The Labute approximate surface area is 94.4 Å². The van der Waals surface area contributed by atoms with Crippen molar-refractivity contribution in [2.45, 2.75) is 6.54 Å². The first kappa shape index (κ1) is 11.2. The molecule has 0 bridgehead atoms. The second-order valence-electron chi connectivity index (χ2n) is 3.35. The van der Waals surface area contributed by atoms with Gasteiger partial charge in [0.2, 0.25) is 0 Å². The van der Waals surface area contributed by atoms with E-state index in [2.05, 4.69) is 5.10 Å². The summed E-state index contributed by atoms with van der Waals surface area (Å²) in [4.78, 5) is 9.78. The fourth-order valence-corrected chi connectivity index (χ4v) is 1.38. The van der Waals surface area contributed by atoms with Crippen LogP contribution in [0.25, 0.3) is 0 Å². The highest BCUT2D eigenvalue weighted by atomic mass is 19.1. The van der Waals surface area contributed by atoms with Gasteiger partial charge in [-0.25, -0.2) is 8.78 Å². The predicted molar refractivity (Wildman–Crippen MR) is 54.3 cm³/mol. The lowest BCUT2D eigenvalue weighted by molar-refractivity contribution is -0.385. The first-order valence-electron chi connectivity index (χ1n) is 4.67. The van der Waals surface area contributed by atoms with E-state index < -0.39 is 16.6 Å². The van der Waals surface area contributed by atoms with E-state index in [9.17, 15) is 18.9 Å². The Balaban J connectivity index is 2.28. The van der Waals surface area contributed by atoms with Crippen molar-refractivity contribution >= 4 is 5.69 Å². The summed E-state index contributed by atoms with van der Waals surface area (Å²) >= 11 is 0. The topological polar surface area (TPSA) is 61.0 Å². The molecule has 0 fully saturated rings. The van der Waals surface area contributed by atoms with Gasteiger partial charge in [0, 0.05) is 5.56 Å². The highest BCUT2D eigenvalue weighted by molar-refractivity contribution is 5.23. The molecule has 0 spiro atoms. The Morgan fingerprint density at radius 3 is 2.53 bits per heavy atom. The molecule has 0 radical (unpaired) electrons. The van der Waals surface area contributed by atoms with E-state index in [0.717, 1.165) is 29.2 Å². The molecule has 1 aromatic heterocycles. The SMILES string of the molecule is O=[N+]([O-])c1cnn(Cc2c(F)cccc2F)c1. The lowest BCUT2D eigenvalue weighted by Gasteiger charge is -2.04. The van der Waals surface area contributed by atoms with Crippen molar-refractivity contribution < 1.29 is 13.7 Å². The first-order valence-corrected chi connectivity index (χ1v) is 4.67. The molecule has 88 valence electrons. The zero-order valence-electron chi connectivity index (χ0n) is 8.51. The molecule has 0 amide bonds. The third kappa shape index (κ3) is 2.27. The van der Waals surface area contributed by atoms with Crippen molar-refractivity contribution in [1.82, 2.24) is 9.78 Å². The molecule has 0 unspecified atom stereocenters. The molecule has 0 atom stereocenters. The van der Waals surface area contributed by atoms with Crippen molar-refractivity contribution in [2.75, 3.05) is 0 Å². The molecule has 0 aliphatic heterocycles. The molecule has 0 saturated carbocycles. The van der Waals surface area contributed by atoms with Gasteiger partial charge in [-0.05, 0) is 12.1 Å². The van der Waals surface area contributed by atoms with Crippen LogP contribution < -0.4 is 0 Å². The number of nitro groups is 1. The summed E-state index contributed by atoms with van der Waals surface area (Å²) in [7, 11) is 0. The zero-order chi connectivity index (χ0) is 12.4. The molecule has 2 rings (SSSR count). The van der Waals surface area contributed by atoms with Crippen molar-refractivity contribution in [2.24, 2.45) is 0 Å². The van der Waals surface area contributed by atoms with Crippen LogP contribution in [0.2, 0.25) is 0 Å². The molecule has 5 nitrogen and oxygen atoms in total. The Morgan fingerprint density at radius 1 is 1.35 bits per heavy atom. The maximum absolute atomic E-state index is 13.3. The van der Waals surface area contributed by atoms with Crippen LogP contribution in [-0.2, 0) is 6.54 Å². The molecule has 0 saturated heterocycles. The van der Waals surface area contributed by atoms with E-state index in [0.29, 0.717) is 0 Å². The second kappa shape index (κ2) is 4.28. The molecular weight excluding hydrogens is 232 g/mol. The number of aromatic nitrogens is 2. The van der Waals surface area contributed by atoms with E-state index >= 15 is 0 Å². The number of hydrogen-bond donors (Lipinski definition) is 0. The van der Waals surface area contributed by atoms with Gasteiger partial charge in [-0.3, -0.25) is 14.8 Å². The Morgan fingerprint density at radius 2 is 2.00 bits per heavy atom. The number of nitrogens with zero attached hydrogens (tertiary/aromatic N) is 3. The number of rotatable bonds is 3. The molecular formula is C10H7F2N3O2. The summed E-state index contributed by atoms with van der Waals surface area (Å²) < 4.78 is 27.7. The minimum atomic E-state index is -0.705. The summed E-state index contributed by atoms with van der Waals surface area (Å²) in [5.41, 5.74) is -0.396. The van der Waals surface area contributed by atoms with Crippen LogP contribution in [-0.4, -0.2) is 14.7 Å². The molecule has 7 heteroatoms. The predicted octanol–water partition coefficient (Wildman–Crippen LogP) is 2.12. The van der Waals surface area contributed by atoms with Crippen molar-refractivity contribution in [3.63, 3.8) is 0 Å². The Hall–Kier alpha value is -2.31. The maximum atomic E-state index is 13.3. The molecule has 0 aliphatic rings. The zero-order valence-corrected chi connectivity index (χ0v) is 8.51. The highest BCUT2D eigenvalue weighted by Crippen LogP contribution is 2.15. The fourth-order valence-electron chi connectivity index (χ4n) is 1.38. The lowest BCUT2D eigenvalue weighted by Crippen LogP contribution is -2.04. The van der Waals surface area contributed by atoms with Gasteiger partial charge in [0.15, 0.2) is 0 Å². The summed E-state index contributed by atoms with van der Waals surface area (Å²) in [6.45, 7) is -0.188. The molecule has 0 aliphatic carbocycles. The minimum Gasteiger partial charge on any atom is -0.261 e. The quantitative estimate of drug-likeness (QED) is 0.608. The number of hydrogen-bond acceptors (Lipinski definition) is 3. The van der Waals surface area contributed by atoms with Crippen molar-refractivity contribution in [1.29, 1.82) is 0 Å². The van der Waals surface area contributed by atoms with Crippen LogP contribution in [0.5, 0.6) is 0 Å². The molecule has 2 aromatic rings. The van der Waals surface area contributed by atoms with Crippen molar-refractivity contribution in [3.8, 4) is 0 Å². The maximum Gasteiger partial charge on any atom is 0.307 e. The highest BCUT2D eigenvalue weighted by Gasteiger charge is 2.13. The normalized spacial score (nSPS) is 10.5. The standard InChI is InChI=1S/C10H7F2N3O2/c11-9-2-1-3-10(12)8(9)6-14-5-7(4-13-14)15(16)17/h1-5H,6H2. The molecule has 1 aromatic carbocycles. The summed E-state index contributed by atoms with van der Waals surface area (Å²) in [5, 5.41) is 14.1. The van der Waals surface area contributed by atoms with Crippen LogP contribution in [0.1, 0.15) is 5.56 Å². The van der Waals surface area contributed by atoms with Gasteiger partial charge in [-0.1, -0.05) is 6.07 Å². The van der Waals surface area contributed by atoms with Gasteiger partial charge in [0.1, 0.15) is 24.0 Å². The first-order chi connectivity index (χ1) is 8.08. The van der Waals surface area contributed by atoms with E-state index in [4.69, 9.17) is 0 Å². The van der Waals surface area contributed by atoms with E-state index in [-0.39, 0.29) is 17.8 Å². The summed E-state index contributed by atoms with van der Waals surface area (Å²) in [6.07, 6.45) is 2.14. The van der Waals surface area contributed by atoms with E-state index in [1.165, 1.54) is 6.07 Å². The average Bonchev–Trinajstić information content (AvgIpc) is 2.72. The van der Waals surface area contributed by atoms with Gasteiger partial charge in [0.05, 0.1) is 11.5 Å². The smallest absolute Gasteiger partial charge is 0.261 e. The third-order valence-electron chi connectivity index (χ3n) is 2.21. The van der Waals surface area contributed by atoms with Gasteiger partial charge in [-0.2, -0.15) is 5.10 Å². The summed E-state index contributed by atoms with van der Waals surface area (Å²) in [5.74, 6) is -1.41. The third-order valence-corrected chi connectivity index (χ3v) is 2.21. The van der Waals surface area contributed by atoms with Gasteiger partial charge < -0.3 is 0 Å². The number of benzene rings is 1. The molecule has 0 N–H and O–H groups in total. The fraction of sp³-hybridized carbons (Fsp3) is 0.100. The Kier molecular flexibility index (Phi) is 2.82. The van der Waals surface area contributed by atoms with Crippen LogP contribution in [0.4, 0.5) is 14.5 Å². The number of halogens is 2. The van der Waals surface area contributed by atoms with E-state index in [1.807, 2.05) is 0 Å². The van der Waals surface area contributed by atoms with Crippen LogP contribution in [0.3, 0.4) is 0 Å².